The summed E-state index contributed by atoms with van der Waals surface area (Å²) in [6, 6.07) is 7.27. The first-order valence-corrected chi connectivity index (χ1v) is 6.53. The van der Waals surface area contributed by atoms with E-state index in [-0.39, 0.29) is 18.8 Å². The number of carbonyl (C=O) groups is 1. The Morgan fingerprint density at radius 1 is 1.48 bits per heavy atom. The molecule has 0 atom stereocenters. The first-order chi connectivity index (χ1) is 9.54. The van der Waals surface area contributed by atoms with Crippen molar-refractivity contribution in [3.05, 3.63) is 41.2 Å². The van der Waals surface area contributed by atoms with Gasteiger partial charge in [-0.1, -0.05) is 17.7 Å². The van der Waals surface area contributed by atoms with Crippen LogP contribution in [-0.2, 0) is 11.3 Å². The maximum absolute atomic E-state index is 10.5. The Morgan fingerprint density at radius 2 is 2.24 bits per heavy atom. The second-order valence-corrected chi connectivity index (χ2v) is 4.97. The zero-order chi connectivity index (χ0) is 14.5. The van der Waals surface area contributed by atoms with Crippen molar-refractivity contribution >= 4 is 30.0 Å². The van der Waals surface area contributed by atoms with Crippen LogP contribution in [0, 0.1) is 0 Å². The van der Waals surface area contributed by atoms with E-state index in [1.807, 2.05) is 24.1 Å². The van der Waals surface area contributed by atoms with Crippen molar-refractivity contribution in [1.29, 1.82) is 0 Å². The number of halogens is 2. The molecule has 1 N–H and O–H groups in total. The quantitative estimate of drug-likeness (QED) is 0.879. The lowest BCUT2D eigenvalue weighted by atomic mass is 10.2. The van der Waals surface area contributed by atoms with Gasteiger partial charge in [-0.2, -0.15) is 0 Å². The average molecular weight is 331 g/mol. The van der Waals surface area contributed by atoms with Crippen molar-refractivity contribution in [2.24, 2.45) is 0 Å². The van der Waals surface area contributed by atoms with Crippen molar-refractivity contribution in [2.45, 2.75) is 13.0 Å². The lowest BCUT2D eigenvalue weighted by Crippen LogP contribution is -2.21. The van der Waals surface area contributed by atoms with Crippen LogP contribution in [0.2, 0.25) is 5.02 Å². The van der Waals surface area contributed by atoms with Crippen LogP contribution < -0.4 is 0 Å². The first-order valence-electron chi connectivity index (χ1n) is 6.15. The van der Waals surface area contributed by atoms with Gasteiger partial charge in [0.1, 0.15) is 6.26 Å². The molecule has 0 aliphatic rings. The smallest absolute Gasteiger partial charge is 0.304 e. The van der Waals surface area contributed by atoms with Gasteiger partial charge >= 0.3 is 5.97 Å². The van der Waals surface area contributed by atoms with Crippen LogP contribution in [0.4, 0.5) is 0 Å². The third kappa shape index (κ3) is 5.38. The molecule has 0 saturated carbocycles. The minimum atomic E-state index is -0.809. The molecule has 0 aliphatic carbocycles. The second kappa shape index (κ2) is 8.02. The zero-order valence-electron chi connectivity index (χ0n) is 11.5. The minimum absolute atomic E-state index is 0. The highest BCUT2D eigenvalue weighted by atomic mass is 35.5. The summed E-state index contributed by atoms with van der Waals surface area (Å²) in [5.41, 5.74) is 1.57. The standard InChI is InChI=1S/C14H15ClN2O3.ClH/c1-17(6-5-13(18)19)8-12-9-20-14(16-12)10-3-2-4-11(15)7-10;/h2-4,7,9H,5-6,8H2,1H3,(H,18,19);1H. The summed E-state index contributed by atoms with van der Waals surface area (Å²) in [4.78, 5) is 16.8. The fourth-order valence-corrected chi connectivity index (χ4v) is 1.97. The van der Waals surface area contributed by atoms with E-state index in [0.717, 1.165) is 11.3 Å². The predicted octanol–water partition coefficient (Wildman–Crippen LogP) is 3.32. The molecule has 1 heterocycles. The molecular formula is C14H16Cl2N2O3. The second-order valence-electron chi connectivity index (χ2n) is 4.54. The summed E-state index contributed by atoms with van der Waals surface area (Å²) in [6.07, 6.45) is 1.68. The molecule has 7 heteroatoms. The molecule has 114 valence electrons. The molecule has 0 spiro atoms. The summed E-state index contributed by atoms with van der Waals surface area (Å²) < 4.78 is 5.42. The first kappa shape index (κ1) is 17.5. The topological polar surface area (TPSA) is 66.6 Å². The van der Waals surface area contributed by atoms with Gasteiger partial charge in [0.2, 0.25) is 5.89 Å². The molecular weight excluding hydrogens is 315 g/mol. The van der Waals surface area contributed by atoms with Gasteiger partial charge in [-0.3, -0.25) is 9.69 Å². The molecule has 0 fully saturated rings. The van der Waals surface area contributed by atoms with Gasteiger partial charge in [-0.05, 0) is 25.2 Å². The normalized spacial score (nSPS) is 10.4. The highest BCUT2D eigenvalue weighted by Crippen LogP contribution is 2.22. The van der Waals surface area contributed by atoms with Crippen LogP contribution in [0.1, 0.15) is 12.1 Å². The summed E-state index contributed by atoms with van der Waals surface area (Å²) in [5.74, 6) is -0.300. The lowest BCUT2D eigenvalue weighted by Gasteiger charge is -2.12. The van der Waals surface area contributed by atoms with Crippen LogP contribution in [0.15, 0.2) is 34.9 Å². The predicted molar refractivity (Wildman–Crippen MR) is 82.8 cm³/mol. The summed E-state index contributed by atoms with van der Waals surface area (Å²) in [5, 5.41) is 9.26. The van der Waals surface area contributed by atoms with Crippen LogP contribution in [0.3, 0.4) is 0 Å². The summed E-state index contributed by atoms with van der Waals surface area (Å²) in [7, 11) is 1.84. The molecule has 1 aromatic heterocycles. The van der Waals surface area contributed by atoms with Crippen LogP contribution in [0.25, 0.3) is 11.5 Å². The lowest BCUT2D eigenvalue weighted by molar-refractivity contribution is -0.137. The number of hydrogen-bond donors (Lipinski definition) is 1. The number of aliphatic carboxylic acids is 1. The molecule has 0 saturated heterocycles. The maximum atomic E-state index is 10.5. The molecule has 21 heavy (non-hydrogen) atoms. The number of aromatic nitrogens is 1. The van der Waals surface area contributed by atoms with Crippen molar-refractivity contribution < 1.29 is 14.3 Å². The molecule has 2 rings (SSSR count). The van der Waals surface area contributed by atoms with Gasteiger partial charge in [0.25, 0.3) is 0 Å². The van der Waals surface area contributed by atoms with E-state index in [2.05, 4.69) is 4.98 Å². The van der Waals surface area contributed by atoms with Crippen LogP contribution in [-0.4, -0.2) is 34.6 Å². The Hall–Kier alpha value is -1.56. The number of benzene rings is 1. The van der Waals surface area contributed by atoms with Gasteiger partial charge in [0.15, 0.2) is 0 Å². The number of hydrogen-bond acceptors (Lipinski definition) is 4. The molecule has 5 nitrogen and oxygen atoms in total. The largest absolute Gasteiger partial charge is 0.481 e. The number of rotatable bonds is 6. The Bertz CT molecular complexity index is 601. The fraction of sp³-hybridized carbons (Fsp3) is 0.286. The maximum Gasteiger partial charge on any atom is 0.304 e. The van der Waals surface area contributed by atoms with Crippen molar-refractivity contribution in [1.82, 2.24) is 9.88 Å². The van der Waals surface area contributed by atoms with E-state index >= 15 is 0 Å². The number of carboxylic acid groups (broad SMARTS) is 1. The summed E-state index contributed by atoms with van der Waals surface area (Å²) >= 11 is 5.92. The highest BCUT2D eigenvalue weighted by molar-refractivity contribution is 6.30. The Kier molecular flexibility index (Phi) is 6.68. The number of oxazole rings is 1. The Morgan fingerprint density at radius 3 is 2.90 bits per heavy atom. The fourth-order valence-electron chi connectivity index (χ4n) is 1.78. The van der Waals surface area contributed by atoms with E-state index < -0.39 is 5.97 Å². The van der Waals surface area contributed by atoms with E-state index in [1.165, 1.54) is 0 Å². The van der Waals surface area contributed by atoms with Crippen molar-refractivity contribution in [3.8, 4) is 11.5 Å². The van der Waals surface area contributed by atoms with Gasteiger partial charge in [0, 0.05) is 23.7 Å². The van der Waals surface area contributed by atoms with E-state index in [0.29, 0.717) is 24.0 Å². The van der Waals surface area contributed by atoms with Gasteiger partial charge in [0.05, 0.1) is 12.1 Å². The summed E-state index contributed by atoms with van der Waals surface area (Å²) in [6.45, 7) is 1.01. The average Bonchev–Trinajstić information content (AvgIpc) is 2.85. The minimum Gasteiger partial charge on any atom is -0.481 e. The van der Waals surface area contributed by atoms with Gasteiger partial charge in [-0.15, -0.1) is 12.4 Å². The third-order valence-electron chi connectivity index (χ3n) is 2.76. The Labute approximate surface area is 133 Å². The SMILES string of the molecule is CN(CCC(=O)O)Cc1coc(-c2cccc(Cl)c2)n1.Cl. The molecule has 0 radical (unpaired) electrons. The number of carboxylic acids is 1. The monoisotopic (exact) mass is 330 g/mol. The highest BCUT2D eigenvalue weighted by Gasteiger charge is 2.10. The van der Waals surface area contributed by atoms with Crippen molar-refractivity contribution in [3.63, 3.8) is 0 Å². The third-order valence-corrected chi connectivity index (χ3v) is 3.00. The molecule has 0 unspecified atom stereocenters. The molecule has 0 amide bonds. The molecule has 0 bridgehead atoms. The van der Waals surface area contributed by atoms with E-state index in [4.69, 9.17) is 21.1 Å². The molecule has 1 aromatic carbocycles. The van der Waals surface area contributed by atoms with Gasteiger partial charge < -0.3 is 9.52 Å². The van der Waals surface area contributed by atoms with Crippen LogP contribution >= 0.6 is 24.0 Å². The van der Waals surface area contributed by atoms with E-state index in [9.17, 15) is 4.79 Å². The van der Waals surface area contributed by atoms with Crippen LogP contribution in [0.5, 0.6) is 0 Å². The molecule has 2 aromatic rings. The molecule has 0 aliphatic heterocycles. The number of nitrogens with zero attached hydrogens (tertiary/aromatic N) is 2. The van der Waals surface area contributed by atoms with E-state index in [1.54, 1.807) is 18.4 Å². The van der Waals surface area contributed by atoms with Crippen molar-refractivity contribution in [2.75, 3.05) is 13.6 Å². The van der Waals surface area contributed by atoms with Gasteiger partial charge in [-0.25, -0.2) is 4.98 Å². The Balaban J connectivity index is 0.00000220. The zero-order valence-corrected chi connectivity index (χ0v) is 13.0.